The van der Waals surface area contributed by atoms with E-state index in [9.17, 15) is 13.9 Å². The summed E-state index contributed by atoms with van der Waals surface area (Å²) in [5.41, 5.74) is -0.307. The Labute approximate surface area is 80.5 Å². The third kappa shape index (κ3) is 0.329. The number of rotatable bonds is 1. The Morgan fingerprint density at radius 1 is 1.21 bits per heavy atom. The van der Waals surface area contributed by atoms with Crippen LogP contribution >= 0.6 is 0 Å². The summed E-state index contributed by atoms with van der Waals surface area (Å²) in [5, 5.41) is 9.48. The Kier molecular flexibility index (Phi) is 0.755. The molecular weight excluding hydrogens is 186 g/mol. The minimum atomic E-state index is -2.43. The number of halogens is 2. The van der Waals surface area contributed by atoms with E-state index in [4.69, 9.17) is 0 Å². The predicted molar refractivity (Wildman–Crippen MR) is 43.5 cm³/mol. The van der Waals surface area contributed by atoms with Crippen LogP contribution in [0, 0.1) is 46.8 Å². The van der Waals surface area contributed by atoms with Gasteiger partial charge in [-0.1, -0.05) is 0 Å². The van der Waals surface area contributed by atoms with Gasteiger partial charge in [0.05, 0.1) is 0 Å². The Balaban J connectivity index is 1.82. The van der Waals surface area contributed by atoms with Gasteiger partial charge in [-0.25, -0.2) is 8.78 Å². The van der Waals surface area contributed by atoms with Crippen LogP contribution in [0.25, 0.3) is 0 Å². The van der Waals surface area contributed by atoms with Crippen molar-refractivity contribution in [1.82, 2.24) is 0 Å². The highest BCUT2D eigenvalue weighted by atomic mass is 19.3. The van der Waals surface area contributed by atoms with Crippen molar-refractivity contribution in [2.75, 3.05) is 6.61 Å². The molecule has 1 unspecified atom stereocenters. The fraction of sp³-hybridized carbons (Fsp3) is 1.00. The molecule has 6 rings (SSSR count). The summed E-state index contributed by atoms with van der Waals surface area (Å²) in [5.74, 6) is -1.26. The molecule has 0 aromatic rings. The molecule has 3 heteroatoms. The third-order valence-electron chi connectivity index (χ3n) is 6.60. The first kappa shape index (κ1) is 7.15. The molecule has 0 spiro atoms. The largest absolute Gasteiger partial charge is 0.396 e. The maximum absolute atomic E-state index is 13.9. The van der Waals surface area contributed by atoms with Gasteiger partial charge in [0.1, 0.15) is 0 Å². The Hall–Kier alpha value is -0.180. The van der Waals surface area contributed by atoms with Gasteiger partial charge in [0.25, 0.3) is 5.92 Å². The number of aliphatic hydroxyl groups excluding tert-OH is 1. The molecule has 0 aromatic carbocycles. The monoisotopic (exact) mass is 198 g/mol. The minimum Gasteiger partial charge on any atom is -0.396 e. The number of hydrogen-bond donors (Lipinski definition) is 1. The highest BCUT2D eigenvalue weighted by molar-refractivity contribution is 5.41. The maximum Gasteiger partial charge on any atom is 0.255 e. The van der Waals surface area contributed by atoms with Crippen LogP contribution in [0.4, 0.5) is 8.78 Å². The number of aliphatic hydroxyl groups is 1. The van der Waals surface area contributed by atoms with Crippen molar-refractivity contribution in [2.24, 2.45) is 46.8 Å². The SMILES string of the molecule is OC[C@]12C3[C@@H]4[C@H]5[C@@H](C[C@H]41)[C@@H]2C(F)(F)[C@@H]35. The predicted octanol–water partition coefficient (Wildman–Crippen LogP) is 1.37. The molecule has 6 fully saturated rings. The molecule has 0 heterocycles. The molecule has 6 aliphatic carbocycles. The Morgan fingerprint density at radius 2 is 2.00 bits per heavy atom. The second-order valence-corrected chi connectivity index (χ2v) is 6.14. The van der Waals surface area contributed by atoms with Crippen LogP contribution in [0.1, 0.15) is 6.42 Å². The zero-order valence-corrected chi connectivity index (χ0v) is 7.66. The van der Waals surface area contributed by atoms with Gasteiger partial charge >= 0.3 is 0 Å². The van der Waals surface area contributed by atoms with E-state index in [2.05, 4.69) is 0 Å². The highest BCUT2D eigenvalue weighted by Gasteiger charge is 2.97. The van der Waals surface area contributed by atoms with Gasteiger partial charge in [0, 0.05) is 23.9 Å². The number of alkyl halides is 2. The van der Waals surface area contributed by atoms with Crippen molar-refractivity contribution in [3.63, 3.8) is 0 Å². The second-order valence-electron chi connectivity index (χ2n) is 6.14. The van der Waals surface area contributed by atoms with Crippen molar-refractivity contribution < 1.29 is 13.9 Å². The molecule has 6 aliphatic rings. The van der Waals surface area contributed by atoms with E-state index in [0.717, 1.165) is 6.42 Å². The molecule has 4 bridgehead atoms. The molecule has 1 nitrogen and oxygen atoms in total. The molecule has 6 saturated carbocycles. The fourth-order valence-electron chi connectivity index (χ4n) is 6.75. The second kappa shape index (κ2) is 1.48. The standard InChI is InChI=1S/C11H12F2O/c12-11(13)8-5-3-1-4-6(5)7(8)10(4,2-14)9(3)11/h3-9,14H,1-2H2/t3-,4-,5-,6+,7?,8-,9+,10-/m1/s1. The summed E-state index contributed by atoms with van der Waals surface area (Å²) >= 11 is 0. The van der Waals surface area contributed by atoms with Crippen molar-refractivity contribution in [2.45, 2.75) is 12.3 Å². The summed E-state index contributed by atoms with van der Waals surface area (Å²) in [6, 6.07) is 0. The summed E-state index contributed by atoms with van der Waals surface area (Å²) in [4.78, 5) is 0. The zero-order valence-electron chi connectivity index (χ0n) is 7.66. The van der Waals surface area contributed by atoms with E-state index in [1.165, 1.54) is 0 Å². The lowest BCUT2D eigenvalue weighted by molar-refractivity contribution is -0.256. The lowest BCUT2D eigenvalue weighted by atomic mass is 9.34. The minimum absolute atomic E-state index is 0.0266. The molecule has 0 amide bonds. The molecule has 8 atom stereocenters. The first-order valence-corrected chi connectivity index (χ1v) is 5.64. The average molecular weight is 198 g/mol. The van der Waals surface area contributed by atoms with Gasteiger partial charge in [-0.2, -0.15) is 0 Å². The van der Waals surface area contributed by atoms with E-state index in [1.54, 1.807) is 0 Å². The van der Waals surface area contributed by atoms with Crippen LogP contribution < -0.4 is 0 Å². The van der Waals surface area contributed by atoms with Crippen molar-refractivity contribution in [1.29, 1.82) is 0 Å². The molecule has 0 aromatic heterocycles. The van der Waals surface area contributed by atoms with E-state index in [-0.39, 0.29) is 29.8 Å². The van der Waals surface area contributed by atoms with E-state index < -0.39 is 11.8 Å². The van der Waals surface area contributed by atoms with Gasteiger partial charge in [0.15, 0.2) is 0 Å². The molecule has 0 aliphatic heterocycles. The highest BCUT2D eigenvalue weighted by Crippen LogP contribution is 2.96. The van der Waals surface area contributed by atoms with E-state index in [1.807, 2.05) is 0 Å². The molecule has 14 heavy (non-hydrogen) atoms. The third-order valence-corrected chi connectivity index (χ3v) is 6.60. The van der Waals surface area contributed by atoms with Gasteiger partial charge < -0.3 is 5.11 Å². The molecule has 0 radical (unpaired) electrons. The lowest BCUT2D eigenvalue weighted by Gasteiger charge is -2.69. The van der Waals surface area contributed by atoms with Gasteiger partial charge in [-0.15, -0.1) is 0 Å². The molecule has 76 valence electrons. The normalized spacial score (nSPS) is 77.8. The zero-order chi connectivity index (χ0) is 9.46. The van der Waals surface area contributed by atoms with E-state index in [0.29, 0.717) is 17.8 Å². The van der Waals surface area contributed by atoms with E-state index >= 15 is 0 Å². The van der Waals surface area contributed by atoms with Crippen LogP contribution in [0.3, 0.4) is 0 Å². The Bertz CT molecular complexity index is 368. The molecular formula is C11H12F2O. The van der Waals surface area contributed by atoms with Gasteiger partial charge in [-0.3, -0.25) is 0 Å². The van der Waals surface area contributed by atoms with Crippen molar-refractivity contribution >= 4 is 0 Å². The first-order valence-electron chi connectivity index (χ1n) is 5.64. The smallest absolute Gasteiger partial charge is 0.255 e. The van der Waals surface area contributed by atoms with Crippen LogP contribution in [0.2, 0.25) is 0 Å². The van der Waals surface area contributed by atoms with Crippen LogP contribution in [0.15, 0.2) is 0 Å². The quantitative estimate of drug-likeness (QED) is 0.674. The summed E-state index contributed by atoms with van der Waals surface area (Å²) in [6.07, 6.45) is 1.00. The molecule has 0 saturated heterocycles. The topological polar surface area (TPSA) is 20.2 Å². The summed E-state index contributed by atoms with van der Waals surface area (Å²) in [7, 11) is 0. The number of hydrogen-bond acceptors (Lipinski definition) is 1. The van der Waals surface area contributed by atoms with Crippen molar-refractivity contribution in [3.05, 3.63) is 0 Å². The van der Waals surface area contributed by atoms with Crippen LogP contribution in [0.5, 0.6) is 0 Å². The first-order chi connectivity index (χ1) is 6.65. The fourth-order valence-corrected chi connectivity index (χ4v) is 6.75. The van der Waals surface area contributed by atoms with Crippen LogP contribution in [-0.4, -0.2) is 17.6 Å². The van der Waals surface area contributed by atoms with Gasteiger partial charge in [-0.05, 0) is 36.0 Å². The maximum atomic E-state index is 13.9. The summed E-state index contributed by atoms with van der Waals surface area (Å²) < 4.78 is 27.9. The average Bonchev–Trinajstić information content (AvgIpc) is 2.54. The lowest BCUT2D eigenvalue weighted by Crippen LogP contribution is -2.69. The van der Waals surface area contributed by atoms with Crippen molar-refractivity contribution in [3.8, 4) is 0 Å². The van der Waals surface area contributed by atoms with Gasteiger partial charge in [0.2, 0.25) is 0 Å². The van der Waals surface area contributed by atoms with Crippen LogP contribution in [-0.2, 0) is 0 Å². The summed E-state index contributed by atoms with van der Waals surface area (Å²) in [6.45, 7) is 0.0266. The molecule has 1 N–H and O–H groups in total. The Morgan fingerprint density at radius 3 is 2.64 bits per heavy atom.